The number of aromatic nitrogens is 1. The van der Waals surface area contributed by atoms with Crippen LogP contribution in [0, 0.1) is 6.92 Å². The summed E-state index contributed by atoms with van der Waals surface area (Å²) in [5, 5.41) is 1.96. The molecule has 0 unspecified atom stereocenters. The van der Waals surface area contributed by atoms with E-state index in [9.17, 15) is 4.79 Å². The topological polar surface area (TPSA) is 45.3 Å². The lowest BCUT2D eigenvalue weighted by Gasteiger charge is -2.33. The van der Waals surface area contributed by atoms with Gasteiger partial charge >= 0.3 is 6.09 Å². The molecule has 4 nitrogen and oxygen atoms in total. The minimum Gasteiger partial charge on any atom is -0.444 e. The lowest BCUT2D eigenvalue weighted by molar-refractivity contribution is 0.0205. The number of carbonyl (C=O) groups is 1. The van der Waals surface area contributed by atoms with E-state index in [1.807, 2.05) is 43.9 Å². The second-order valence-corrected chi connectivity index (χ2v) is 8.03. The summed E-state index contributed by atoms with van der Waals surface area (Å²) in [6, 6.07) is 5.98. The van der Waals surface area contributed by atoms with Gasteiger partial charge in [-0.2, -0.15) is 0 Å². The van der Waals surface area contributed by atoms with Crippen LogP contribution in [0.5, 0.6) is 0 Å². The number of amides is 1. The fraction of sp³-hybridized carbons (Fsp3) is 0.526. The average molecular weight is 349 g/mol. The van der Waals surface area contributed by atoms with Gasteiger partial charge in [0.05, 0.1) is 0 Å². The van der Waals surface area contributed by atoms with Crippen LogP contribution in [0.4, 0.5) is 4.79 Å². The Morgan fingerprint density at radius 2 is 1.96 bits per heavy atom. The van der Waals surface area contributed by atoms with Gasteiger partial charge in [-0.15, -0.1) is 0 Å². The number of hydrogen-bond acceptors (Lipinski definition) is 2. The van der Waals surface area contributed by atoms with Crippen molar-refractivity contribution in [3.63, 3.8) is 0 Å². The number of nitrogens with zero attached hydrogens (tertiary/aromatic N) is 1. The van der Waals surface area contributed by atoms with Gasteiger partial charge in [-0.25, -0.2) is 4.79 Å². The van der Waals surface area contributed by atoms with Gasteiger partial charge in [0.1, 0.15) is 5.60 Å². The van der Waals surface area contributed by atoms with Gasteiger partial charge in [0.25, 0.3) is 0 Å². The van der Waals surface area contributed by atoms with Crippen molar-refractivity contribution in [2.75, 3.05) is 13.1 Å². The Hall–Kier alpha value is -1.68. The molecule has 1 aliphatic rings. The van der Waals surface area contributed by atoms with E-state index >= 15 is 0 Å². The highest BCUT2D eigenvalue weighted by Gasteiger charge is 2.29. The molecule has 1 amide bonds. The van der Waals surface area contributed by atoms with Crippen LogP contribution in [-0.4, -0.2) is 34.7 Å². The van der Waals surface area contributed by atoms with Gasteiger partial charge in [0.15, 0.2) is 0 Å². The summed E-state index contributed by atoms with van der Waals surface area (Å²) in [7, 11) is 0. The Morgan fingerprint density at radius 3 is 2.58 bits per heavy atom. The van der Waals surface area contributed by atoms with E-state index in [0.29, 0.717) is 5.92 Å². The number of fused-ring (bicyclic) bond motifs is 1. The number of halogens is 1. The maximum atomic E-state index is 12.2. The van der Waals surface area contributed by atoms with Crippen molar-refractivity contribution in [3.05, 3.63) is 34.5 Å². The third-order valence-corrected chi connectivity index (χ3v) is 4.79. The molecule has 24 heavy (non-hydrogen) atoms. The Bertz CT molecular complexity index is 753. The van der Waals surface area contributed by atoms with Gasteiger partial charge in [-0.3, -0.25) is 0 Å². The summed E-state index contributed by atoms with van der Waals surface area (Å²) >= 11 is 6.18. The highest BCUT2D eigenvalue weighted by Crippen LogP contribution is 2.36. The molecule has 0 bridgehead atoms. The number of ether oxygens (including phenoxy) is 1. The monoisotopic (exact) mass is 348 g/mol. The van der Waals surface area contributed by atoms with Crippen molar-refractivity contribution in [3.8, 4) is 0 Å². The second-order valence-electron chi connectivity index (χ2n) is 7.60. The molecular formula is C19H25ClN2O2. The predicted molar refractivity (Wildman–Crippen MR) is 97.8 cm³/mol. The zero-order valence-corrected chi connectivity index (χ0v) is 15.5. The van der Waals surface area contributed by atoms with Gasteiger partial charge in [0, 0.05) is 34.7 Å². The standard InChI is InChI=1S/C19H25ClN2O2/c1-12-17(15-11-14(20)5-6-16(15)21-12)13-7-9-22(10-8-13)18(23)24-19(2,3)4/h5-6,11,13,21H,7-10H2,1-4H3. The third-order valence-electron chi connectivity index (χ3n) is 4.55. The molecule has 1 aromatic carbocycles. The van der Waals surface area contributed by atoms with Crippen LogP contribution in [0.2, 0.25) is 5.02 Å². The summed E-state index contributed by atoms with van der Waals surface area (Å²) < 4.78 is 5.48. The quantitative estimate of drug-likeness (QED) is 0.765. The van der Waals surface area contributed by atoms with Crippen LogP contribution in [0.25, 0.3) is 10.9 Å². The van der Waals surface area contributed by atoms with E-state index in [1.54, 1.807) is 0 Å². The predicted octanol–water partition coefficient (Wildman–Crippen LogP) is 5.24. The largest absolute Gasteiger partial charge is 0.444 e. The van der Waals surface area contributed by atoms with Crippen LogP contribution < -0.4 is 0 Å². The minimum absolute atomic E-state index is 0.209. The fourth-order valence-corrected chi connectivity index (χ4v) is 3.70. The molecule has 1 fully saturated rings. The zero-order chi connectivity index (χ0) is 17.5. The molecule has 3 rings (SSSR count). The fourth-order valence-electron chi connectivity index (χ4n) is 3.52. The van der Waals surface area contributed by atoms with Crippen molar-refractivity contribution in [1.29, 1.82) is 0 Å². The number of carbonyl (C=O) groups excluding carboxylic acids is 1. The molecular weight excluding hydrogens is 324 g/mol. The molecule has 2 heterocycles. The Labute approximate surface area is 148 Å². The molecule has 0 aliphatic carbocycles. The first kappa shape index (κ1) is 17.2. The smallest absolute Gasteiger partial charge is 0.410 e. The van der Waals surface area contributed by atoms with Crippen LogP contribution in [0.3, 0.4) is 0 Å². The van der Waals surface area contributed by atoms with E-state index in [2.05, 4.69) is 11.9 Å². The lowest BCUT2D eigenvalue weighted by Crippen LogP contribution is -2.41. The molecule has 1 N–H and O–H groups in total. The van der Waals surface area contributed by atoms with E-state index < -0.39 is 5.60 Å². The normalized spacial score (nSPS) is 16.6. The molecule has 1 saturated heterocycles. The molecule has 0 radical (unpaired) electrons. The number of likely N-dealkylation sites (tertiary alicyclic amines) is 1. The van der Waals surface area contributed by atoms with Crippen LogP contribution >= 0.6 is 11.6 Å². The maximum Gasteiger partial charge on any atom is 0.410 e. The van der Waals surface area contributed by atoms with Crippen molar-refractivity contribution in [1.82, 2.24) is 9.88 Å². The Balaban J connectivity index is 1.75. The van der Waals surface area contributed by atoms with Crippen LogP contribution in [-0.2, 0) is 4.74 Å². The number of hydrogen-bond donors (Lipinski definition) is 1. The molecule has 0 saturated carbocycles. The number of H-pyrrole nitrogens is 1. The molecule has 0 spiro atoms. The maximum absolute atomic E-state index is 12.2. The first-order valence-electron chi connectivity index (χ1n) is 8.50. The van der Waals surface area contributed by atoms with E-state index in [4.69, 9.17) is 16.3 Å². The Kier molecular flexibility index (Phi) is 4.52. The summed E-state index contributed by atoms with van der Waals surface area (Å²) in [4.78, 5) is 17.5. The number of aromatic amines is 1. The van der Waals surface area contributed by atoms with Gasteiger partial charge < -0.3 is 14.6 Å². The SMILES string of the molecule is Cc1[nH]c2ccc(Cl)cc2c1C1CCN(C(=O)OC(C)(C)C)CC1. The third kappa shape index (κ3) is 3.54. The number of nitrogens with one attached hydrogen (secondary N) is 1. The minimum atomic E-state index is -0.446. The first-order chi connectivity index (χ1) is 11.2. The molecule has 0 atom stereocenters. The van der Waals surface area contributed by atoms with Crippen molar-refractivity contribution in [2.45, 2.75) is 52.1 Å². The van der Waals surface area contributed by atoms with Gasteiger partial charge in [-0.1, -0.05) is 11.6 Å². The number of benzene rings is 1. The van der Waals surface area contributed by atoms with E-state index in [-0.39, 0.29) is 6.09 Å². The second kappa shape index (κ2) is 6.32. The number of rotatable bonds is 1. The summed E-state index contributed by atoms with van der Waals surface area (Å²) in [6.07, 6.45) is 1.68. The Morgan fingerprint density at radius 1 is 1.29 bits per heavy atom. The molecule has 1 aromatic heterocycles. The van der Waals surface area contributed by atoms with E-state index in [0.717, 1.165) is 36.5 Å². The highest BCUT2D eigenvalue weighted by atomic mass is 35.5. The van der Waals surface area contributed by atoms with Crippen LogP contribution in [0.1, 0.15) is 50.8 Å². The highest BCUT2D eigenvalue weighted by molar-refractivity contribution is 6.31. The molecule has 2 aromatic rings. The summed E-state index contributed by atoms with van der Waals surface area (Å²) in [5.41, 5.74) is 3.22. The number of piperidine rings is 1. The van der Waals surface area contributed by atoms with Crippen molar-refractivity contribution < 1.29 is 9.53 Å². The zero-order valence-electron chi connectivity index (χ0n) is 14.8. The molecule has 1 aliphatic heterocycles. The van der Waals surface area contributed by atoms with Crippen molar-refractivity contribution in [2.24, 2.45) is 0 Å². The van der Waals surface area contributed by atoms with E-state index in [1.165, 1.54) is 16.6 Å². The van der Waals surface area contributed by atoms with Gasteiger partial charge in [-0.05, 0) is 70.2 Å². The first-order valence-corrected chi connectivity index (χ1v) is 8.88. The summed E-state index contributed by atoms with van der Waals surface area (Å²) in [6.45, 7) is 9.27. The summed E-state index contributed by atoms with van der Waals surface area (Å²) in [5.74, 6) is 0.441. The lowest BCUT2D eigenvalue weighted by atomic mass is 9.87. The molecule has 130 valence electrons. The van der Waals surface area contributed by atoms with Crippen molar-refractivity contribution >= 4 is 28.6 Å². The molecule has 5 heteroatoms. The average Bonchev–Trinajstić information content (AvgIpc) is 2.81. The number of aryl methyl sites for hydroxylation is 1. The van der Waals surface area contributed by atoms with Gasteiger partial charge in [0.2, 0.25) is 0 Å². The van der Waals surface area contributed by atoms with Crippen LogP contribution in [0.15, 0.2) is 18.2 Å².